The van der Waals surface area contributed by atoms with E-state index < -0.39 is 11.2 Å². The van der Waals surface area contributed by atoms with Gasteiger partial charge in [0.1, 0.15) is 5.65 Å². The van der Waals surface area contributed by atoms with Gasteiger partial charge >= 0.3 is 5.69 Å². The van der Waals surface area contributed by atoms with E-state index in [2.05, 4.69) is 10.3 Å². The van der Waals surface area contributed by atoms with E-state index >= 15 is 0 Å². The molecule has 0 atom stereocenters. The molecular weight excluding hydrogens is 276 g/mol. The van der Waals surface area contributed by atoms with E-state index in [1.807, 2.05) is 0 Å². The van der Waals surface area contributed by atoms with E-state index in [1.165, 1.54) is 38.0 Å². The first-order chi connectivity index (χ1) is 9.97. The van der Waals surface area contributed by atoms with Crippen LogP contribution in [0.5, 0.6) is 0 Å². The topological polar surface area (TPSA) is 95.2 Å². The van der Waals surface area contributed by atoms with Crippen molar-refractivity contribution in [2.45, 2.75) is 0 Å². The van der Waals surface area contributed by atoms with Crippen molar-refractivity contribution < 1.29 is 9.53 Å². The Bertz CT molecular complexity index is 806. The van der Waals surface area contributed by atoms with E-state index in [1.54, 1.807) is 0 Å². The van der Waals surface area contributed by atoms with Crippen LogP contribution in [0.1, 0.15) is 10.4 Å². The number of aryl methyl sites for hydroxylation is 1. The number of carbonyl (C=O) groups is 1. The number of carbonyl (C=O) groups excluding carboxylic acids is 1. The number of aromatic nitrogens is 3. The predicted octanol–water partition coefficient (Wildman–Crippen LogP) is -0.992. The minimum Gasteiger partial charge on any atom is -0.383 e. The Kier molecular flexibility index (Phi) is 4.18. The Morgan fingerprint density at radius 1 is 1.33 bits per heavy atom. The molecule has 1 amide bonds. The molecule has 0 unspecified atom stereocenters. The number of nitrogens with zero attached hydrogens (tertiary/aromatic N) is 3. The maximum absolute atomic E-state index is 12.1. The molecule has 2 aromatic rings. The van der Waals surface area contributed by atoms with Crippen LogP contribution in [0.3, 0.4) is 0 Å². The van der Waals surface area contributed by atoms with Gasteiger partial charge in [0, 0.05) is 33.9 Å². The second-order valence-electron chi connectivity index (χ2n) is 4.55. The summed E-state index contributed by atoms with van der Waals surface area (Å²) in [7, 11) is 4.44. The van der Waals surface area contributed by atoms with Gasteiger partial charge in [-0.05, 0) is 6.07 Å². The zero-order valence-electron chi connectivity index (χ0n) is 12.0. The molecule has 8 nitrogen and oxygen atoms in total. The van der Waals surface area contributed by atoms with Gasteiger partial charge in [-0.1, -0.05) is 0 Å². The van der Waals surface area contributed by atoms with E-state index in [0.717, 1.165) is 4.57 Å². The smallest absolute Gasteiger partial charge is 0.332 e. The minimum absolute atomic E-state index is 0.221. The van der Waals surface area contributed by atoms with Gasteiger partial charge in [-0.2, -0.15) is 0 Å². The number of pyridine rings is 1. The van der Waals surface area contributed by atoms with Crippen LogP contribution in [0.2, 0.25) is 0 Å². The van der Waals surface area contributed by atoms with Crippen LogP contribution >= 0.6 is 0 Å². The Morgan fingerprint density at radius 3 is 2.71 bits per heavy atom. The Balaban J connectivity index is 2.50. The quantitative estimate of drug-likeness (QED) is 0.730. The number of hydrogen-bond acceptors (Lipinski definition) is 5. The molecule has 0 aromatic carbocycles. The molecule has 0 aliphatic carbocycles. The summed E-state index contributed by atoms with van der Waals surface area (Å²) in [5.74, 6) is -0.350. The second kappa shape index (κ2) is 5.88. The molecule has 8 heteroatoms. The summed E-state index contributed by atoms with van der Waals surface area (Å²) in [6.07, 6.45) is 1.34. The highest BCUT2D eigenvalue weighted by Gasteiger charge is 2.13. The molecule has 0 aliphatic rings. The van der Waals surface area contributed by atoms with Crippen LogP contribution in [-0.2, 0) is 18.8 Å². The van der Waals surface area contributed by atoms with Crippen molar-refractivity contribution in [1.29, 1.82) is 0 Å². The Labute approximate surface area is 120 Å². The summed E-state index contributed by atoms with van der Waals surface area (Å²) in [5.41, 5.74) is -0.435. The first-order valence-corrected chi connectivity index (χ1v) is 6.30. The molecule has 0 bridgehead atoms. The van der Waals surface area contributed by atoms with Crippen molar-refractivity contribution in [3.8, 4) is 0 Å². The number of fused-ring (bicyclic) bond motifs is 1. The van der Waals surface area contributed by atoms with Crippen molar-refractivity contribution in [2.75, 3.05) is 20.3 Å². The average Bonchev–Trinajstić information content (AvgIpc) is 2.50. The SMILES string of the molecule is COCCNC(=O)c1cnc2c(c1)c(=O)n(C)c(=O)n2C. The van der Waals surface area contributed by atoms with Crippen molar-refractivity contribution in [2.24, 2.45) is 14.1 Å². The lowest BCUT2D eigenvalue weighted by Gasteiger charge is -2.08. The Morgan fingerprint density at radius 2 is 2.05 bits per heavy atom. The fourth-order valence-corrected chi connectivity index (χ4v) is 1.96. The third-order valence-electron chi connectivity index (χ3n) is 3.15. The van der Waals surface area contributed by atoms with Crippen molar-refractivity contribution in [3.63, 3.8) is 0 Å². The molecule has 0 aliphatic heterocycles. The van der Waals surface area contributed by atoms with Crippen LogP contribution in [0, 0.1) is 0 Å². The molecule has 1 N–H and O–H groups in total. The third kappa shape index (κ3) is 2.70. The van der Waals surface area contributed by atoms with Crippen LogP contribution in [0.25, 0.3) is 11.0 Å². The van der Waals surface area contributed by atoms with Crippen molar-refractivity contribution >= 4 is 16.9 Å². The molecule has 0 fully saturated rings. The first kappa shape index (κ1) is 14.9. The summed E-state index contributed by atoms with van der Waals surface area (Å²) in [6.45, 7) is 0.752. The lowest BCUT2D eigenvalue weighted by Crippen LogP contribution is -2.37. The van der Waals surface area contributed by atoms with Crippen molar-refractivity contribution in [1.82, 2.24) is 19.4 Å². The van der Waals surface area contributed by atoms with Gasteiger partial charge in [0.2, 0.25) is 0 Å². The normalized spacial score (nSPS) is 10.8. The maximum atomic E-state index is 12.1. The van der Waals surface area contributed by atoms with E-state index in [0.29, 0.717) is 13.2 Å². The molecule has 21 heavy (non-hydrogen) atoms. The zero-order chi connectivity index (χ0) is 15.6. The van der Waals surface area contributed by atoms with Gasteiger partial charge in [-0.25, -0.2) is 9.78 Å². The van der Waals surface area contributed by atoms with Gasteiger partial charge in [0.05, 0.1) is 17.6 Å². The molecule has 2 rings (SSSR count). The molecular formula is C13H16N4O4. The number of methoxy groups -OCH3 is 1. The largest absolute Gasteiger partial charge is 0.383 e. The summed E-state index contributed by atoms with van der Waals surface area (Å²) >= 11 is 0. The fraction of sp³-hybridized carbons (Fsp3) is 0.385. The van der Waals surface area contributed by atoms with Gasteiger partial charge < -0.3 is 10.1 Å². The van der Waals surface area contributed by atoms with E-state index in [4.69, 9.17) is 4.74 Å². The molecule has 0 saturated carbocycles. The van der Waals surface area contributed by atoms with Gasteiger partial charge in [-0.3, -0.25) is 18.7 Å². The summed E-state index contributed by atoms with van der Waals surface area (Å²) in [6, 6.07) is 1.44. The number of amides is 1. The molecule has 2 heterocycles. The Hall–Kier alpha value is -2.48. The summed E-state index contributed by atoms with van der Waals surface area (Å²) in [5, 5.41) is 2.86. The molecule has 0 saturated heterocycles. The highest BCUT2D eigenvalue weighted by molar-refractivity contribution is 5.96. The summed E-state index contributed by atoms with van der Waals surface area (Å²) < 4.78 is 7.09. The minimum atomic E-state index is -0.479. The van der Waals surface area contributed by atoms with E-state index in [9.17, 15) is 14.4 Å². The van der Waals surface area contributed by atoms with Crippen LogP contribution in [-0.4, -0.2) is 40.3 Å². The molecule has 0 spiro atoms. The maximum Gasteiger partial charge on any atom is 0.332 e. The molecule has 2 aromatic heterocycles. The highest BCUT2D eigenvalue weighted by Crippen LogP contribution is 2.07. The fourth-order valence-electron chi connectivity index (χ4n) is 1.96. The molecule has 0 radical (unpaired) electrons. The lowest BCUT2D eigenvalue weighted by molar-refractivity contribution is 0.0937. The number of ether oxygens (including phenoxy) is 1. The van der Waals surface area contributed by atoms with Gasteiger partial charge in [0.15, 0.2) is 0 Å². The van der Waals surface area contributed by atoms with Gasteiger partial charge in [-0.15, -0.1) is 0 Å². The number of hydrogen-bond donors (Lipinski definition) is 1. The zero-order valence-corrected chi connectivity index (χ0v) is 12.0. The summed E-state index contributed by atoms with van der Waals surface area (Å²) in [4.78, 5) is 39.9. The first-order valence-electron chi connectivity index (χ1n) is 6.30. The average molecular weight is 292 g/mol. The highest BCUT2D eigenvalue weighted by atomic mass is 16.5. The van der Waals surface area contributed by atoms with Gasteiger partial charge in [0.25, 0.3) is 11.5 Å². The van der Waals surface area contributed by atoms with Crippen LogP contribution < -0.4 is 16.6 Å². The number of rotatable bonds is 4. The van der Waals surface area contributed by atoms with Crippen LogP contribution in [0.15, 0.2) is 21.9 Å². The molecule has 112 valence electrons. The van der Waals surface area contributed by atoms with Crippen molar-refractivity contribution in [3.05, 3.63) is 38.7 Å². The predicted molar refractivity (Wildman–Crippen MR) is 76.4 cm³/mol. The standard InChI is InChI=1S/C13H16N4O4/c1-16-10-9(12(19)17(2)13(16)20)6-8(7-15-10)11(18)14-4-5-21-3/h6-7H,4-5H2,1-3H3,(H,14,18). The lowest BCUT2D eigenvalue weighted by atomic mass is 10.2. The van der Waals surface area contributed by atoms with Crippen LogP contribution in [0.4, 0.5) is 0 Å². The van der Waals surface area contributed by atoms with E-state index in [-0.39, 0.29) is 22.5 Å². The second-order valence-corrected chi connectivity index (χ2v) is 4.55. The monoisotopic (exact) mass is 292 g/mol. The number of nitrogens with one attached hydrogen (secondary N) is 1. The third-order valence-corrected chi connectivity index (χ3v) is 3.15.